The minimum Gasteiger partial charge on any atom is -0.455 e. The van der Waals surface area contributed by atoms with Crippen molar-refractivity contribution in [1.29, 1.82) is 0 Å². The van der Waals surface area contributed by atoms with Crippen LogP contribution in [0.4, 0.5) is 0 Å². The van der Waals surface area contributed by atoms with Crippen molar-refractivity contribution < 1.29 is 32.6 Å². The van der Waals surface area contributed by atoms with E-state index in [9.17, 15) is 4.79 Å². The van der Waals surface area contributed by atoms with Gasteiger partial charge < -0.3 is 27.8 Å². The van der Waals surface area contributed by atoms with Gasteiger partial charge in [-0.25, -0.2) is 4.79 Å². The number of rotatable bonds is 27. The van der Waals surface area contributed by atoms with Crippen LogP contribution in [0.2, 0.25) is 39.3 Å². The number of carbonyl (C=O) groups excluding carboxylic acids is 1. The molecule has 51 heavy (non-hydrogen) atoms. The van der Waals surface area contributed by atoms with E-state index in [1.807, 2.05) is 13.0 Å². The van der Waals surface area contributed by atoms with E-state index in [-0.39, 0.29) is 42.6 Å². The van der Waals surface area contributed by atoms with E-state index in [4.69, 9.17) is 27.8 Å². The molecule has 2 saturated heterocycles. The maximum Gasteiger partial charge on any atom is 0.334 e. The third-order valence-corrected chi connectivity index (χ3v) is 12.7. The van der Waals surface area contributed by atoms with E-state index in [1.165, 1.54) is 77.0 Å². The molecule has 0 radical (unpaired) electrons. The average molecular weight is 753 g/mol. The van der Waals surface area contributed by atoms with Gasteiger partial charge in [-0.15, -0.1) is 0 Å². The molecule has 9 heteroatoms. The molecule has 0 amide bonds. The van der Waals surface area contributed by atoms with E-state index in [0.717, 1.165) is 69.8 Å². The third-order valence-electron chi connectivity index (χ3n) is 10.6. The molecule has 2 fully saturated rings. The maximum absolute atomic E-state index is 12.2. The van der Waals surface area contributed by atoms with Gasteiger partial charge >= 0.3 is 5.97 Å². The summed E-state index contributed by atoms with van der Waals surface area (Å²) in [5, 5.41) is 0. The fraction of sp³-hybridized carbons (Fsp3) is 0.929. The largest absolute Gasteiger partial charge is 0.455 e. The molecule has 7 nitrogen and oxygen atoms in total. The number of hydrogen-bond acceptors (Lipinski definition) is 7. The Morgan fingerprint density at radius 3 is 1.90 bits per heavy atom. The minimum atomic E-state index is -1.71. The SMILES string of the molecule is CCCCCCCCCCCCCC[C@@H](O[Si](C)(C)C)[C@H]1CC[C@@H]([C@@H]2CC[C@@H](CCCCC[C@H](CC3=C[C@H](C)OC3=O)O[Si](C)(C)C)O2)OCO1. The molecule has 0 aromatic heterocycles. The zero-order chi connectivity index (χ0) is 37.1. The zero-order valence-corrected chi connectivity index (χ0v) is 36.4. The van der Waals surface area contributed by atoms with Crippen molar-refractivity contribution in [2.24, 2.45) is 0 Å². The number of cyclic esters (lactones) is 1. The molecule has 3 aliphatic rings. The summed E-state index contributed by atoms with van der Waals surface area (Å²) in [6.07, 6.45) is 30.7. The predicted octanol–water partition coefficient (Wildman–Crippen LogP) is 11.8. The van der Waals surface area contributed by atoms with Crippen LogP contribution in [0.25, 0.3) is 0 Å². The van der Waals surface area contributed by atoms with Gasteiger partial charge in [0.1, 0.15) is 12.9 Å². The average Bonchev–Trinajstić information content (AvgIpc) is 3.55. The smallest absolute Gasteiger partial charge is 0.334 e. The Bertz CT molecular complexity index is 977. The number of unbranched alkanes of at least 4 members (excludes halogenated alkanes) is 13. The molecule has 3 heterocycles. The molecule has 0 bridgehead atoms. The van der Waals surface area contributed by atoms with Crippen LogP contribution in [0, 0.1) is 0 Å². The fourth-order valence-corrected chi connectivity index (χ4v) is 10.5. The van der Waals surface area contributed by atoms with Crippen molar-refractivity contribution in [2.45, 2.75) is 244 Å². The molecule has 0 aromatic carbocycles. The van der Waals surface area contributed by atoms with Crippen molar-refractivity contribution in [2.75, 3.05) is 6.79 Å². The van der Waals surface area contributed by atoms with Crippen LogP contribution in [0.1, 0.15) is 162 Å². The molecule has 0 spiro atoms. The van der Waals surface area contributed by atoms with Gasteiger partial charge in [-0.3, -0.25) is 0 Å². The quantitative estimate of drug-likeness (QED) is 0.0470. The first-order valence-electron chi connectivity index (χ1n) is 21.5. The van der Waals surface area contributed by atoms with E-state index in [0.29, 0.717) is 19.3 Å². The highest BCUT2D eigenvalue weighted by Gasteiger charge is 2.37. The van der Waals surface area contributed by atoms with Crippen molar-refractivity contribution in [1.82, 2.24) is 0 Å². The number of hydrogen-bond donors (Lipinski definition) is 0. The van der Waals surface area contributed by atoms with Gasteiger partial charge in [-0.1, -0.05) is 103 Å². The van der Waals surface area contributed by atoms with Crippen LogP contribution in [0.5, 0.6) is 0 Å². The van der Waals surface area contributed by atoms with Gasteiger partial charge in [0, 0.05) is 18.1 Å². The lowest BCUT2D eigenvalue weighted by Crippen LogP contribution is -2.40. The normalized spacial score (nSPS) is 25.8. The van der Waals surface area contributed by atoms with E-state index < -0.39 is 16.6 Å². The third kappa shape index (κ3) is 19.6. The van der Waals surface area contributed by atoms with E-state index in [2.05, 4.69) is 46.2 Å². The molecule has 3 rings (SSSR count). The summed E-state index contributed by atoms with van der Waals surface area (Å²) >= 11 is 0. The number of ether oxygens (including phenoxy) is 4. The monoisotopic (exact) mass is 753 g/mol. The first-order valence-corrected chi connectivity index (χ1v) is 28.3. The van der Waals surface area contributed by atoms with Gasteiger partial charge in [-0.2, -0.15) is 0 Å². The molecule has 7 atom stereocenters. The first kappa shape index (κ1) is 44.8. The summed E-state index contributed by atoms with van der Waals surface area (Å²) < 4.78 is 37.8. The topological polar surface area (TPSA) is 72.5 Å². The summed E-state index contributed by atoms with van der Waals surface area (Å²) in [5.41, 5.74) is 0.785. The summed E-state index contributed by atoms with van der Waals surface area (Å²) in [6.45, 7) is 18.1. The molecule has 0 aromatic rings. The Labute approximate surface area is 316 Å². The maximum atomic E-state index is 12.2. The lowest BCUT2D eigenvalue weighted by molar-refractivity contribution is -0.144. The Hall–Kier alpha value is -0.556. The van der Waals surface area contributed by atoms with Gasteiger partial charge in [0.15, 0.2) is 16.6 Å². The Morgan fingerprint density at radius 1 is 0.706 bits per heavy atom. The highest BCUT2D eigenvalue weighted by molar-refractivity contribution is 6.70. The lowest BCUT2D eigenvalue weighted by Gasteiger charge is -2.32. The van der Waals surface area contributed by atoms with E-state index >= 15 is 0 Å². The van der Waals surface area contributed by atoms with Crippen LogP contribution in [-0.4, -0.2) is 72.1 Å². The van der Waals surface area contributed by atoms with E-state index in [1.54, 1.807) is 0 Å². The van der Waals surface area contributed by atoms with Gasteiger partial charge in [-0.05, 0) is 97.2 Å². The minimum absolute atomic E-state index is 0.0894. The van der Waals surface area contributed by atoms with Crippen molar-refractivity contribution in [3.05, 3.63) is 11.6 Å². The second kappa shape index (κ2) is 24.1. The number of esters is 1. The Balaban J connectivity index is 1.32. The standard InChI is InChI=1S/C42H80O7Si2/c1-9-10-11-12-13-14-15-16-17-18-19-23-26-41(49-51(6,7)8)39-30-29-38(44-33-45-39)40-28-27-36(47-40)24-21-20-22-25-37(48-50(3,4)5)32-35-31-34(2)46-42(35)43/h31,34,36-41H,9-30,32-33H2,1-8H3/t34-,36+,37+,38-,39+,40-,41+/m0/s1. The second-order valence-corrected chi connectivity index (χ2v) is 26.8. The Morgan fingerprint density at radius 2 is 1.29 bits per heavy atom. The lowest BCUT2D eigenvalue weighted by atomic mass is 9.97. The molecular weight excluding hydrogens is 673 g/mol. The Kier molecular flexibility index (Phi) is 21.2. The highest BCUT2D eigenvalue weighted by atomic mass is 28.4. The summed E-state index contributed by atoms with van der Waals surface area (Å²) in [5.74, 6) is -0.172. The molecule has 298 valence electrons. The van der Waals surface area contributed by atoms with Crippen molar-refractivity contribution >= 4 is 22.6 Å². The molecule has 0 aliphatic carbocycles. The van der Waals surface area contributed by atoms with Crippen molar-refractivity contribution in [3.63, 3.8) is 0 Å². The zero-order valence-electron chi connectivity index (χ0n) is 34.4. The molecule has 3 aliphatic heterocycles. The van der Waals surface area contributed by atoms with Crippen LogP contribution >= 0.6 is 0 Å². The summed E-state index contributed by atoms with van der Waals surface area (Å²) in [7, 11) is -3.41. The molecular formula is C42H80O7Si2. The second-order valence-electron chi connectivity index (χ2n) is 17.9. The number of carbonyl (C=O) groups is 1. The summed E-state index contributed by atoms with van der Waals surface area (Å²) in [4.78, 5) is 12.2. The summed E-state index contributed by atoms with van der Waals surface area (Å²) in [6, 6.07) is 0. The molecule has 0 saturated carbocycles. The predicted molar refractivity (Wildman–Crippen MR) is 215 cm³/mol. The van der Waals surface area contributed by atoms with Gasteiger partial charge in [0.05, 0.1) is 30.5 Å². The van der Waals surface area contributed by atoms with Crippen LogP contribution in [0.3, 0.4) is 0 Å². The van der Waals surface area contributed by atoms with Crippen LogP contribution < -0.4 is 0 Å². The highest BCUT2D eigenvalue weighted by Crippen LogP contribution is 2.33. The van der Waals surface area contributed by atoms with Crippen LogP contribution in [0.15, 0.2) is 11.6 Å². The van der Waals surface area contributed by atoms with Gasteiger partial charge in [0.25, 0.3) is 0 Å². The fourth-order valence-electron chi connectivity index (χ4n) is 8.13. The molecule has 0 unspecified atom stereocenters. The molecule has 0 N–H and O–H groups in total. The van der Waals surface area contributed by atoms with Crippen molar-refractivity contribution in [3.8, 4) is 0 Å². The van der Waals surface area contributed by atoms with Gasteiger partial charge in [0.2, 0.25) is 0 Å². The first-order chi connectivity index (χ1) is 24.3. The van der Waals surface area contributed by atoms with Crippen LogP contribution in [-0.2, 0) is 32.6 Å².